The second kappa shape index (κ2) is 3.66. The van der Waals surface area contributed by atoms with E-state index in [-0.39, 0.29) is 0 Å². The van der Waals surface area contributed by atoms with Crippen molar-refractivity contribution in [1.29, 1.82) is 0 Å². The summed E-state index contributed by atoms with van der Waals surface area (Å²) in [6, 6.07) is 11.7. The van der Waals surface area contributed by atoms with Gasteiger partial charge in [0.05, 0.1) is 0 Å². The van der Waals surface area contributed by atoms with Crippen LogP contribution < -0.4 is 5.32 Å². The monoisotopic (exact) mass is 210 g/mol. The van der Waals surface area contributed by atoms with Crippen molar-refractivity contribution in [2.75, 3.05) is 5.32 Å². The van der Waals surface area contributed by atoms with Crippen LogP contribution >= 0.6 is 0 Å². The molecule has 2 N–H and O–H groups in total. The predicted molar refractivity (Wildman–Crippen MR) is 63.6 cm³/mol. The zero-order chi connectivity index (χ0) is 10.8. The Morgan fingerprint density at radius 1 is 1.00 bits per heavy atom. The van der Waals surface area contributed by atoms with E-state index >= 15 is 0 Å². The summed E-state index contributed by atoms with van der Waals surface area (Å²) in [4.78, 5) is 11.7. The molecule has 0 unspecified atom stereocenters. The number of anilines is 2. The highest BCUT2D eigenvalue weighted by atomic mass is 15.1. The van der Waals surface area contributed by atoms with Gasteiger partial charge in [0.15, 0.2) is 0 Å². The first-order chi connectivity index (χ1) is 7.92. The van der Waals surface area contributed by atoms with E-state index in [1.807, 2.05) is 42.6 Å². The number of rotatable bonds is 2. The average Bonchev–Trinajstić information content (AvgIpc) is 2.77. The highest BCUT2D eigenvalue weighted by Gasteiger charge is 1.99. The lowest BCUT2D eigenvalue weighted by atomic mass is 10.3. The van der Waals surface area contributed by atoms with Gasteiger partial charge < -0.3 is 10.3 Å². The Balaban J connectivity index is 1.94. The van der Waals surface area contributed by atoms with E-state index in [2.05, 4.69) is 20.3 Å². The molecule has 3 rings (SSSR count). The third-order valence-corrected chi connectivity index (χ3v) is 2.33. The molecule has 0 fully saturated rings. The summed E-state index contributed by atoms with van der Waals surface area (Å²) < 4.78 is 0. The zero-order valence-electron chi connectivity index (χ0n) is 8.51. The highest BCUT2D eigenvalue weighted by Crippen LogP contribution is 2.16. The van der Waals surface area contributed by atoms with Crippen molar-refractivity contribution in [3.63, 3.8) is 0 Å². The van der Waals surface area contributed by atoms with E-state index in [9.17, 15) is 0 Å². The first kappa shape index (κ1) is 8.91. The van der Waals surface area contributed by atoms with Gasteiger partial charge in [-0.2, -0.15) is 0 Å². The fourth-order valence-corrected chi connectivity index (χ4v) is 1.57. The lowest BCUT2D eigenvalue weighted by Gasteiger charge is -2.03. The highest BCUT2D eigenvalue weighted by molar-refractivity contribution is 5.77. The van der Waals surface area contributed by atoms with Crippen molar-refractivity contribution in [3.8, 4) is 0 Å². The van der Waals surface area contributed by atoms with Gasteiger partial charge in [-0.15, -0.1) is 0 Å². The van der Waals surface area contributed by atoms with Gasteiger partial charge in [-0.3, -0.25) is 0 Å². The van der Waals surface area contributed by atoms with Crippen LogP contribution in [0.3, 0.4) is 0 Å². The Morgan fingerprint density at radius 3 is 2.88 bits per heavy atom. The van der Waals surface area contributed by atoms with Crippen molar-refractivity contribution in [1.82, 2.24) is 15.0 Å². The van der Waals surface area contributed by atoms with Crippen LogP contribution in [0, 0.1) is 0 Å². The normalized spacial score (nSPS) is 10.5. The summed E-state index contributed by atoms with van der Waals surface area (Å²) in [6.07, 6.45) is 3.62. The third-order valence-electron chi connectivity index (χ3n) is 2.33. The number of nitrogens with one attached hydrogen (secondary N) is 2. The molecule has 0 radical (unpaired) electrons. The molecule has 0 saturated carbocycles. The number of hydrogen-bond donors (Lipinski definition) is 2. The maximum atomic E-state index is 4.42. The van der Waals surface area contributed by atoms with Crippen molar-refractivity contribution in [2.45, 2.75) is 0 Å². The molecule has 3 aromatic heterocycles. The largest absolute Gasteiger partial charge is 0.346 e. The van der Waals surface area contributed by atoms with Gasteiger partial charge in [-0.05, 0) is 30.3 Å². The van der Waals surface area contributed by atoms with Crippen LogP contribution in [0.5, 0.6) is 0 Å². The molecule has 3 aromatic rings. The van der Waals surface area contributed by atoms with Crippen molar-refractivity contribution >= 4 is 22.7 Å². The summed E-state index contributed by atoms with van der Waals surface area (Å²) >= 11 is 0. The van der Waals surface area contributed by atoms with Crippen molar-refractivity contribution < 1.29 is 0 Å². The van der Waals surface area contributed by atoms with Crippen LogP contribution in [-0.2, 0) is 0 Å². The van der Waals surface area contributed by atoms with Gasteiger partial charge in [0, 0.05) is 17.8 Å². The quantitative estimate of drug-likeness (QED) is 0.683. The number of nitrogens with zero attached hydrogens (tertiary/aromatic N) is 2. The van der Waals surface area contributed by atoms with Gasteiger partial charge in [0.2, 0.25) is 0 Å². The minimum absolute atomic E-state index is 0.786. The van der Waals surface area contributed by atoms with E-state index in [0.717, 1.165) is 22.7 Å². The molecule has 0 aliphatic heterocycles. The SMILES string of the molecule is c1ccc(Nc2ccc3cc[nH]c3n2)nc1. The first-order valence-corrected chi connectivity index (χ1v) is 5.04. The number of fused-ring (bicyclic) bond motifs is 1. The summed E-state index contributed by atoms with van der Waals surface area (Å²) in [5, 5.41) is 4.25. The molecular weight excluding hydrogens is 200 g/mol. The minimum atomic E-state index is 0.786. The molecule has 4 heteroatoms. The van der Waals surface area contributed by atoms with E-state index in [1.165, 1.54) is 0 Å². The number of hydrogen-bond acceptors (Lipinski definition) is 3. The Bertz CT molecular complexity index is 600. The summed E-state index contributed by atoms with van der Waals surface area (Å²) in [7, 11) is 0. The first-order valence-electron chi connectivity index (χ1n) is 5.04. The fraction of sp³-hybridized carbons (Fsp3) is 0. The topological polar surface area (TPSA) is 53.6 Å². The molecule has 0 saturated heterocycles. The standard InChI is InChI=1S/C12H10N4/c1-2-7-13-10(3-1)15-11-5-4-9-6-8-14-12(9)16-11/h1-8H,(H2,13,14,15,16). The van der Waals surface area contributed by atoms with Crippen LogP contribution in [0.1, 0.15) is 0 Å². The molecule has 0 bridgehead atoms. The molecule has 0 atom stereocenters. The van der Waals surface area contributed by atoms with Gasteiger partial charge in [0.1, 0.15) is 17.3 Å². The van der Waals surface area contributed by atoms with E-state index in [4.69, 9.17) is 0 Å². The van der Waals surface area contributed by atoms with Crippen molar-refractivity contribution in [2.24, 2.45) is 0 Å². The van der Waals surface area contributed by atoms with Gasteiger partial charge >= 0.3 is 0 Å². The maximum Gasteiger partial charge on any atom is 0.139 e. The molecule has 4 nitrogen and oxygen atoms in total. The van der Waals surface area contributed by atoms with Crippen LogP contribution in [0.2, 0.25) is 0 Å². The molecular formula is C12H10N4. The Kier molecular flexibility index (Phi) is 2.04. The van der Waals surface area contributed by atoms with Crippen LogP contribution in [0.4, 0.5) is 11.6 Å². The molecule has 78 valence electrons. The Morgan fingerprint density at radius 2 is 2.00 bits per heavy atom. The Hall–Kier alpha value is -2.36. The molecule has 0 aliphatic carbocycles. The van der Waals surface area contributed by atoms with E-state index in [1.54, 1.807) is 6.20 Å². The molecule has 0 spiro atoms. The average molecular weight is 210 g/mol. The number of aromatic nitrogens is 3. The third kappa shape index (κ3) is 1.61. The molecule has 0 aliphatic rings. The van der Waals surface area contributed by atoms with Gasteiger partial charge in [-0.1, -0.05) is 6.07 Å². The maximum absolute atomic E-state index is 4.42. The lowest BCUT2D eigenvalue weighted by molar-refractivity contribution is 1.26. The van der Waals surface area contributed by atoms with Crippen LogP contribution in [-0.4, -0.2) is 15.0 Å². The van der Waals surface area contributed by atoms with Crippen LogP contribution in [0.15, 0.2) is 48.8 Å². The van der Waals surface area contributed by atoms with E-state index in [0.29, 0.717) is 0 Å². The molecule has 0 amide bonds. The number of H-pyrrole nitrogens is 1. The summed E-state index contributed by atoms with van der Waals surface area (Å²) in [5.74, 6) is 1.58. The molecule has 3 heterocycles. The summed E-state index contributed by atoms with van der Waals surface area (Å²) in [5.41, 5.74) is 0.876. The predicted octanol–water partition coefficient (Wildman–Crippen LogP) is 2.70. The molecule has 16 heavy (non-hydrogen) atoms. The molecule has 0 aromatic carbocycles. The number of pyridine rings is 2. The second-order valence-corrected chi connectivity index (χ2v) is 3.45. The minimum Gasteiger partial charge on any atom is -0.346 e. The smallest absolute Gasteiger partial charge is 0.139 e. The fourth-order valence-electron chi connectivity index (χ4n) is 1.57. The van der Waals surface area contributed by atoms with Crippen LogP contribution in [0.25, 0.3) is 11.0 Å². The van der Waals surface area contributed by atoms with Crippen molar-refractivity contribution in [3.05, 3.63) is 48.8 Å². The van der Waals surface area contributed by atoms with Gasteiger partial charge in [-0.25, -0.2) is 9.97 Å². The number of aromatic amines is 1. The zero-order valence-corrected chi connectivity index (χ0v) is 8.51. The lowest BCUT2D eigenvalue weighted by Crippen LogP contribution is -1.95. The van der Waals surface area contributed by atoms with E-state index < -0.39 is 0 Å². The Labute approximate surface area is 92.4 Å². The van der Waals surface area contributed by atoms with Gasteiger partial charge in [0.25, 0.3) is 0 Å². The second-order valence-electron chi connectivity index (χ2n) is 3.45. The summed E-state index contributed by atoms with van der Waals surface area (Å²) in [6.45, 7) is 0.